The van der Waals surface area contributed by atoms with Gasteiger partial charge in [-0.1, -0.05) is 26.0 Å². The highest BCUT2D eigenvalue weighted by Gasteiger charge is 2.33. The van der Waals surface area contributed by atoms with Gasteiger partial charge in [0.05, 0.1) is 17.1 Å². The molecule has 5 nitrogen and oxygen atoms in total. The first-order valence-corrected chi connectivity index (χ1v) is 7.95. The molecule has 0 fully saturated rings. The minimum atomic E-state index is -4.50. The molecule has 0 saturated heterocycles. The first-order chi connectivity index (χ1) is 11.8. The fourth-order valence-corrected chi connectivity index (χ4v) is 2.59. The molecule has 0 radical (unpaired) electrons. The normalized spacial score (nSPS) is 13.4. The number of rotatable bonds is 5. The molecule has 0 amide bonds. The van der Waals surface area contributed by atoms with E-state index < -0.39 is 11.9 Å². The number of aromatic amines is 1. The lowest BCUT2D eigenvalue weighted by Gasteiger charge is -2.19. The Kier molecular flexibility index (Phi) is 4.61. The van der Waals surface area contributed by atoms with Crippen LogP contribution in [0.4, 0.5) is 19.0 Å². The topological polar surface area (TPSA) is 66.5 Å². The molecule has 1 atom stereocenters. The zero-order valence-electron chi connectivity index (χ0n) is 13.8. The number of para-hydroxylation sites is 2. The summed E-state index contributed by atoms with van der Waals surface area (Å²) >= 11 is 0. The lowest BCUT2D eigenvalue weighted by Crippen LogP contribution is -2.17. The van der Waals surface area contributed by atoms with Gasteiger partial charge < -0.3 is 10.3 Å². The third-order valence-corrected chi connectivity index (χ3v) is 3.72. The van der Waals surface area contributed by atoms with Gasteiger partial charge in [-0.2, -0.15) is 13.2 Å². The molecular weight excluding hydrogens is 331 g/mol. The molecule has 0 aliphatic heterocycles. The minimum absolute atomic E-state index is 0.210. The molecule has 3 rings (SSSR count). The quantitative estimate of drug-likeness (QED) is 0.708. The molecule has 0 aliphatic rings. The average Bonchev–Trinajstić information content (AvgIpc) is 2.97. The summed E-state index contributed by atoms with van der Waals surface area (Å²) in [6.45, 7) is 4.13. The van der Waals surface area contributed by atoms with Gasteiger partial charge in [0, 0.05) is 0 Å². The van der Waals surface area contributed by atoms with E-state index >= 15 is 0 Å². The van der Waals surface area contributed by atoms with Crippen molar-refractivity contribution in [3.8, 4) is 0 Å². The van der Waals surface area contributed by atoms with Gasteiger partial charge in [0.2, 0.25) is 0 Å². The molecule has 0 aliphatic carbocycles. The summed E-state index contributed by atoms with van der Waals surface area (Å²) in [7, 11) is 0. The SMILES string of the molecule is CC(C)CC(Nc1ccc(C(F)(F)F)nn1)c1nc2ccccc2[nH]1. The van der Waals surface area contributed by atoms with Gasteiger partial charge in [0.15, 0.2) is 5.69 Å². The number of benzene rings is 1. The van der Waals surface area contributed by atoms with Gasteiger partial charge in [0.25, 0.3) is 0 Å². The average molecular weight is 349 g/mol. The largest absolute Gasteiger partial charge is 0.435 e. The number of aromatic nitrogens is 4. The van der Waals surface area contributed by atoms with Crippen LogP contribution in [0.2, 0.25) is 0 Å². The molecule has 2 aromatic heterocycles. The number of H-pyrrole nitrogens is 1. The lowest BCUT2D eigenvalue weighted by atomic mass is 10.0. The molecule has 1 unspecified atom stereocenters. The zero-order chi connectivity index (χ0) is 18.0. The lowest BCUT2D eigenvalue weighted by molar-refractivity contribution is -0.141. The van der Waals surface area contributed by atoms with E-state index in [1.165, 1.54) is 6.07 Å². The first kappa shape index (κ1) is 17.2. The Labute approximate surface area is 142 Å². The number of alkyl halides is 3. The van der Waals surface area contributed by atoms with Crippen LogP contribution in [-0.4, -0.2) is 20.2 Å². The molecule has 3 aromatic rings. The van der Waals surface area contributed by atoms with Crippen LogP contribution >= 0.6 is 0 Å². The Bertz CT molecular complexity index is 806. The van der Waals surface area contributed by atoms with E-state index in [0.29, 0.717) is 5.92 Å². The molecule has 0 bridgehead atoms. The number of imidazole rings is 1. The molecule has 2 N–H and O–H groups in total. The van der Waals surface area contributed by atoms with Crippen molar-refractivity contribution in [3.05, 3.63) is 47.9 Å². The van der Waals surface area contributed by atoms with Crippen molar-refractivity contribution in [1.29, 1.82) is 0 Å². The maximum absolute atomic E-state index is 12.6. The van der Waals surface area contributed by atoms with Crippen molar-refractivity contribution in [2.45, 2.75) is 32.5 Å². The van der Waals surface area contributed by atoms with E-state index in [9.17, 15) is 13.2 Å². The molecule has 25 heavy (non-hydrogen) atoms. The van der Waals surface area contributed by atoms with Crippen molar-refractivity contribution in [3.63, 3.8) is 0 Å². The molecular formula is C17H18F3N5. The maximum Gasteiger partial charge on any atom is 0.435 e. The van der Waals surface area contributed by atoms with Gasteiger partial charge in [-0.25, -0.2) is 4.98 Å². The number of hydrogen-bond acceptors (Lipinski definition) is 4. The monoisotopic (exact) mass is 349 g/mol. The number of nitrogens with zero attached hydrogens (tertiary/aromatic N) is 3. The Morgan fingerprint density at radius 1 is 1.08 bits per heavy atom. The highest BCUT2D eigenvalue weighted by molar-refractivity contribution is 5.74. The smallest absolute Gasteiger partial charge is 0.359 e. The van der Waals surface area contributed by atoms with Crippen molar-refractivity contribution in [2.75, 3.05) is 5.32 Å². The Balaban J connectivity index is 1.86. The van der Waals surface area contributed by atoms with Crippen LogP contribution in [0.15, 0.2) is 36.4 Å². The number of hydrogen-bond donors (Lipinski definition) is 2. The minimum Gasteiger partial charge on any atom is -0.359 e. The van der Waals surface area contributed by atoms with Crippen molar-refractivity contribution in [2.24, 2.45) is 5.92 Å². The highest BCUT2D eigenvalue weighted by atomic mass is 19.4. The Hall–Kier alpha value is -2.64. The van der Waals surface area contributed by atoms with Gasteiger partial charge in [-0.3, -0.25) is 0 Å². The van der Waals surface area contributed by atoms with E-state index in [1.807, 2.05) is 24.3 Å². The van der Waals surface area contributed by atoms with Crippen LogP contribution in [0.1, 0.15) is 37.8 Å². The van der Waals surface area contributed by atoms with Gasteiger partial charge >= 0.3 is 6.18 Å². The summed E-state index contributed by atoms with van der Waals surface area (Å²) in [5.41, 5.74) is 0.736. The summed E-state index contributed by atoms with van der Waals surface area (Å²) < 4.78 is 37.8. The van der Waals surface area contributed by atoms with E-state index in [-0.39, 0.29) is 11.9 Å². The summed E-state index contributed by atoms with van der Waals surface area (Å²) in [6.07, 6.45) is -3.76. The van der Waals surface area contributed by atoms with Crippen LogP contribution < -0.4 is 5.32 Å². The number of anilines is 1. The second-order valence-corrected chi connectivity index (χ2v) is 6.27. The molecule has 132 valence electrons. The zero-order valence-corrected chi connectivity index (χ0v) is 13.8. The van der Waals surface area contributed by atoms with Crippen LogP contribution in [0, 0.1) is 5.92 Å². The second-order valence-electron chi connectivity index (χ2n) is 6.27. The van der Waals surface area contributed by atoms with Gasteiger partial charge in [0.1, 0.15) is 11.6 Å². The van der Waals surface area contributed by atoms with E-state index in [2.05, 4.69) is 39.3 Å². The summed E-state index contributed by atoms with van der Waals surface area (Å²) in [5, 5.41) is 10.0. The van der Waals surface area contributed by atoms with Gasteiger partial charge in [-0.15, -0.1) is 10.2 Å². The number of nitrogens with one attached hydrogen (secondary N) is 2. The van der Waals surface area contributed by atoms with Crippen molar-refractivity contribution < 1.29 is 13.2 Å². The standard InChI is InChI=1S/C17H18F3N5/c1-10(2)9-13(16-22-11-5-3-4-6-12(11)23-16)21-15-8-7-14(24-25-15)17(18,19)20/h3-8,10,13H,9H2,1-2H3,(H,21,25)(H,22,23). The van der Waals surface area contributed by atoms with Crippen LogP contribution in [-0.2, 0) is 6.18 Å². The van der Waals surface area contributed by atoms with Crippen LogP contribution in [0.5, 0.6) is 0 Å². The van der Waals surface area contributed by atoms with E-state index in [4.69, 9.17) is 0 Å². The fourth-order valence-electron chi connectivity index (χ4n) is 2.59. The molecule has 8 heteroatoms. The third kappa shape index (κ3) is 4.07. The predicted octanol–water partition coefficient (Wildman–Crippen LogP) is 4.57. The van der Waals surface area contributed by atoms with Crippen molar-refractivity contribution in [1.82, 2.24) is 20.2 Å². The first-order valence-electron chi connectivity index (χ1n) is 7.95. The van der Waals surface area contributed by atoms with Crippen LogP contribution in [0.25, 0.3) is 11.0 Å². The summed E-state index contributed by atoms with van der Waals surface area (Å²) in [6, 6.07) is 9.64. The molecule has 0 saturated carbocycles. The van der Waals surface area contributed by atoms with Crippen LogP contribution in [0.3, 0.4) is 0 Å². The molecule has 2 heterocycles. The highest BCUT2D eigenvalue weighted by Crippen LogP contribution is 2.29. The Morgan fingerprint density at radius 2 is 1.84 bits per heavy atom. The van der Waals surface area contributed by atoms with E-state index in [1.54, 1.807) is 0 Å². The van der Waals surface area contributed by atoms with E-state index in [0.717, 1.165) is 29.3 Å². The number of halogens is 3. The summed E-state index contributed by atoms with van der Waals surface area (Å²) in [5.74, 6) is 1.35. The molecule has 0 spiro atoms. The fraction of sp³-hybridized carbons (Fsp3) is 0.353. The van der Waals surface area contributed by atoms with Gasteiger partial charge in [-0.05, 0) is 36.6 Å². The number of fused-ring (bicyclic) bond motifs is 1. The predicted molar refractivity (Wildman–Crippen MR) is 88.9 cm³/mol. The Morgan fingerprint density at radius 3 is 2.44 bits per heavy atom. The third-order valence-electron chi connectivity index (χ3n) is 3.72. The van der Waals surface area contributed by atoms with Crippen molar-refractivity contribution >= 4 is 16.9 Å². The summed E-state index contributed by atoms with van der Waals surface area (Å²) in [4.78, 5) is 7.83. The maximum atomic E-state index is 12.6. The molecule has 1 aromatic carbocycles. The second kappa shape index (κ2) is 6.70.